The van der Waals surface area contributed by atoms with Crippen LogP contribution < -0.4 is 0 Å². The van der Waals surface area contributed by atoms with Gasteiger partial charge >= 0.3 is 0 Å². The SMILES string of the molecule is Cc1c[c]ccc1-c1cccc(F)c1. The minimum Gasteiger partial charge on any atom is -0.207 e. The Kier molecular flexibility index (Phi) is 2.32. The maximum Gasteiger partial charge on any atom is 0.123 e. The number of benzene rings is 2. The van der Waals surface area contributed by atoms with Crippen molar-refractivity contribution in [3.8, 4) is 11.1 Å². The van der Waals surface area contributed by atoms with E-state index in [9.17, 15) is 4.39 Å². The summed E-state index contributed by atoms with van der Waals surface area (Å²) in [5.74, 6) is -0.199. The van der Waals surface area contributed by atoms with Gasteiger partial charge in [-0.15, -0.1) is 0 Å². The lowest BCUT2D eigenvalue weighted by Crippen LogP contribution is -1.83. The predicted octanol–water partition coefficient (Wildman–Crippen LogP) is 3.60. The normalized spacial score (nSPS) is 10.1. The molecule has 1 radical (unpaired) electrons. The second-order valence-electron chi connectivity index (χ2n) is 3.25. The molecule has 0 saturated carbocycles. The summed E-state index contributed by atoms with van der Waals surface area (Å²) in [6.45, 7) is 2.00. The van der Waals surface area contributed by atoms with Gasteiger partial charge in [-0.1, -0.05) is 30.3 Å². The summed E-state index contributed by atoms with van der Waals surface area (Å²) in [5, 5.41) is 0. The highest BCUT2D eigenvalue weighted by Crippen LogP contribution is 2.22. The topological polar surface area (TPSA) is 0 Å². The van der Waals surface area contributed by atoms with Crippen LogP contribution >= 0.6 is 0 Å². The molecule has 0 aliphatic carbocycles. The Morgan fingerprint density at radius 1 is 1.21 bits per heavy atom. The average Bonchev–Trinajstić information content (AvgIpc) is 2.18. The van der Waals surface area contributed by atoms with Crippen LogP contribution in [-0.2, 0) is 0 Å². The van der Waals surface area contributed by atoms with E-state index >= 15 is 0 Å². The predicted molar refractivity (Wildman–Crippen MR) is 55.4 cm³/mol. The van der Waals surface area contributed by atoms with Crippen molar-refractivity contribution < 1.29 is 4.39 Å². The van der Waals surface area contributed by atoms with Crippen molar-refractivity contribution in [2.45, 2.75) is 6.92 Å². The van der Waals surface area contributed by atoms with Crippen LogP contribution in [0.1, 0.15) is 5.56 Å². The van der Waals surface area contributed by atoms with Gasteiger partial charge in [-0.3, -0.25) is 0 Å². The minimum absolute atomic E-state index is 0.199. The largest absolute Gasteiger partial charge is 0.207 e. The molecule has 2 aromatic rings. The summed E-state index contributed by atoms with van der Waals surface area (Å²) in [4.78, 5) is 0. The van der Waals surface area contributed by atoms with Gasteiger partial charge in [0.05, 0.1) is 0 Å². The van der Waals surface area contributed by atoms with Crippen LogP contribution in [0, 0.1) is 18.8 Å². The third-order valence-electron chi connectivity index (χ3n) is 2.21. The number of hydrogen-bond donors (Lipinski definition) is 0. The quantitative estimate of drug-likeness (QED) is 0.636. The molecule has 14 heavy (non-hydrogen) atoms. The van der Waals surface area contributed by atoms with E-state index < -0.39 is 0 Å². The maximum atomic E-state index is 13.0. The van der Waals surface area contributed by atoms with Gasteiger partial charge in [0.15, 0.2) is 0 Å². The Labute approximate surface area is 83.0 Å². The molecule has 0 saturated heterocycles. The number of halogens is 1. The third kappa shape index (κ3) is 1.67. The highest BCUT2D eigenvalue weighted by Gasteiger charge is 2.00. The third-order valence-corrected chi connectivity index (χ3v) is 2.21. The lowest BCUT2D eigenvalue weighted by Gasteiger charge is -2.04. The molecule has 0 amide bonds. The lowest BCUT2D eigenvalue weighted by molar-refractivity contribution is 0.628. The van der Waals surface area contributed by atoms with Gasteiger partial charge in [0, 0.05) is 0 Å². The van der Waals surface area contributed by atoms with Crippen LogP contribution in [0.4, 0.5) is 4.39 Å². The smallest absolute Gasteiger partial charge is 0.123 e. The Balaban J connectivity index is 2.55. The fourth-order valence-electron chi connectivity index (χ4n) is 1.49. The van der Waals surface area contributed by atoms with Crippen molar-refractivity contribution in [3.05, 3.63) is 59.9 Å². The molecular weight excluding hydrogens is 175 g/mol. The van der Waals surface area contributed by atoms with Crippen molar-refractivity contribution in [2.24, 2.45) is 0 Å². The van der Waals surface area contributed by atoms with E-state index in [4.69, 9.17) is 0 Å². The summed E-state index contributed by atoms with van der Waals surface area (Å²) in [7, 11) is 0. The van der Waals surface area contributed by atoms with E-state index in [1.165, 1.54) is 6.07 Å². The lowest BCUT2D eigenvalue weighted by atomic mass is 10.0. The van der Waals surface area contributed by atoms with E-state index in [0.29, 0.717) is 0 Å². The molecule has 0 N–H and O–H groups in total. The molecule has 0 aliphatic rings. The molecule has 2 rings (SSSR count). The Bertz CT molecular complexity index is 446. The summed E-state index contributed by atoms with van der Waals surface area (Å²) < 4.78 is 13.0. The van der Waals surface area contributed by atoms with Crippen LogP contribution in [0.2, 0.25) is 0 Å². The molecule has 0 spiro atoms. The fourth-order valence-corrected chi connectivity index (χ4v) is 1.49. The second-order valence-corrected chi connectivity index (χ2v) is 3.25. The minimum atomic E-state index is -0.199. The van der Waals surface area contributed by atoms with Crippen LogP contribution in [0.5, 0.6) is 0 Å². The number of hydrogen-bond acceptors (Lipinski definition) is 0. The zero-order chi connectivity index (χ0) is 9.97. The first-order valence-corrected chi connectivity index (χ1v) is 4.50. The monoisotopic (exact) mass is 185 g/mol. The molecule has 69 valence electrons. The van der Waals surface area contributed by atoms with Crippen molar-refractivity contribution in [1.82, 2.24) is 0 Å². The Morgan fingerprint density at radius 3 is 2.79 bits per heavy atom. The van der Waals surface area contributed by atoms with Crippen LogP contribution in [-0.4, -0.2) is 0 Å². The van der Waals surface area contributed by atoms with Crippen molar-refractivity contribution in [2.75, 3.05) is 0 Å². The highest BCUT2D eigenvalue weighted by molar-refractivity contribution is 5.66. The van der Waals surface area contributed by atoms with Crippen molar-refractivity contribution in [3.63, 3.8) is 0 Å². The van der Waals surface area contributed by atoms with Crippen LogP contribution in [0.15, 0.2) is 42.5 Å². The molecule has 0 fully saturated rings. The molecule has 2 aromatic carbocycles. The molecule has 0 bridgehead atoms. The first-order valence-electron chi connectivity index (χ1n) is 4.50. The standard InChI is InChI=1S/C13H10F/c1-10-5-2-3-8-13(10)11-6-4-7-12(14)9-11/h3-9H,1H3. The molecule has 1 heteroatoms. The molecule has 0 aromatic heterocycles. The molecule has 0 aliphatic heterocycles. The first kappa shape index (κ1) is 8.95. The molecule has 0 atom stereocenters. The van der Waals surface area contributed by atoms with E-state index in [0.717, 1.165) is 16.7 Å². The zero-order valence-corrected chi connectivity index (χ0v) is 7.92. The Hall–Kier alpha value is -1.63. The van der Waals surface area contributed by atoms with Crippen LogP contribution in [0.25, 0.3) is 11.1 Å². The van der Waals surface area contributed by atoms with E-state index in [-0.39, 0.29) is 5.82 Å². The molecule has 0 unspecified atom stereocenters. The van der Waals surface area contributed by atoms with E-state index in [1.54, 1.807) is 12.1 Å². The number of rotatable bonds is 1. The summed E-state index contributed by atoms with van der Waals surface area (Å²) in [5.41, 5.74) is 3.08. The van der Waals surface area contributed by atoms with Crippen molar-refractivity contribution in [1.29, 1.82) is 0 Å². The summed E-state index contributed by atoms with van der Waals surface area (Å²) >= 11 is 0. The van der Waals surface area contributed by atoms with Crippen LogP contribution in [0.3, 0.4) is 0 Å². The van der Waals surface area contributed by atoms with E-state index in [1.807, 2.05) is 31.2 Å². The van der Waals surface area contributed by atoms with Gasteiger partial charge in [0.1, 0.15) is 5.82 Å². The second kappa shape index (κ2) is 3.62. The van der Waals surface area contributed by atoms with Crippen molar-refractivity contribution >= 4 is 0 Å². The first-order chi connectivity index (χ1) is 6.77. The summed E-state index contributed by atoms with van der Waals surface area (Å²) in [6.07, 6.45) is 0. The maximum absolute atomic E-state index is 13.0. The Morgan fingerprint density at radius 2 is 2.07 bits per heavy atom. The fraction of sp³-hybridized carbons (Fsp3) is 0.0769. The zero-order valence-electron chi connectivity index (χ0n) is 7.92. The number of aryl methyl sites for hydroxylation is 1. The van der Waals surface area contributed by atoms with Gasteiger partial charge in [0.2, 0.25) is 0 Å². The van der Waals surface area contributed by atoms with Gasteiger partial charge < -0.3 is 0 Å². The van der Waals surface area contributed by atoms with Gasteiger partial charge in [-0.2, -0.15) is 0 Å². The summed E-state index contributed by atoms with van der Waals surface area (Å²) in [6, 6.07) is 15.3. The van der Waals surface area contributed by atoms with Gasteiger partial charge in [0.25, 0.3) is 0 Å². The highest BCUT2D eigenvalue weighted by atomic mass is 19.1. The molecular formula is C13H10F. The molecule has 0 heterocycles. The average molecular weight is 185 g/mol. The molecule has 0 nitrogen and oxygen atoms in total. The van der Waals surface area contributed by atoms with Gasteiger partial charge in [-0.05, 0) is 41.8 Å². The van der Waals surface area contributed by atoms with Gasteiger partial charge in [-0.25, -0.2) is 4.39 Å². The van der Waals surface area contributed by atoms with E-state index in [2.05, 4.69) is 6.07 Å².